The predicted octanol–water partition coefficient (Wildman–Crippen LogP) is 2.91. The molecule has 0 aliphatic carbocycles. The zero-order valence-electron chi connectivity index (χ0n) is 13.4. The van der Waals surface area contributed by atoms with Gasteiger partial charge in [-0.05, 0) is 71.1 Å². The van der Waals surface area contributed by atoms with E-state index in [1.54, 1.807) is 12.1 Å². The van der Waals surface area contributed by atoms with Gasteiger partial charge in [0.25, 0.3) is 0 Å². The van der Waals surface area contributed by atoms with E-state index < -0.39 is 0 Å². The minimum atomic E-state index is -0.0143. The summed E-state index contributed by atoms with van der Waals surface area (Å²) in [7, 11) is 1.63. The Morgan fingerprint density at radius 1 is 1.08 bits per heavy atom. The highest BCUT2D eigenvalue weighted by molar-refractivity contribution is 14.1. The van der Waals surface area contributed by atoms with Crippen LogP contribution >= 0.6 is 22.6 Å². The molecular formula is C18H15IN4O2. The minimum absolute atomic E-state index is 0.0143. The number of fused-ring (bicyclic) bond motifs is 1. The van der Waals surface area contributed by atoms with E-state index >= 15 is 0 Å². The molecule has 2 aliphatic heterocycles. The number of nitrogens with zero attached hydrogens (tertiary/aromatic N) is 3. The van der Waals surface area contributed by atoms with Gasteiger partial charge in [-0.25, -0.2) is 10.5 Å². The standard InChI is InChI=1S/C18H15IN4O2/c1-25-15-8-6-14(7-9-15)23-16-10-22(11-17(24)18(16)20-21-23)13-4-2-12(19)3-5-13/h2-10,21H,11H2,1H3. The first-order chi connectivity index (χ1) is 12.2. The van der Waals surface area contributed by atoms with Gasteiger partial charge in [-0.1, -0.05) is 0 Å². The van der Waals surface area contributed by atoms with Crippen LogP contribution in [0.1, 0.15) is 0 Å². The summed E-state index contributed by atoms with van der Waals surface area (Å²) in [4.78, 5) is 14.4. The van der Waals surface area contributed by atoms with Gasteiger partial charge in [0.2, 0.25) is 5.78 Å². The third-order valence-electron chi connectivity index (χ3n) is 4.09. The minimum Gasteiger partial charge on any atom is -0.497 e. The number of halogens is 1. The Balaban J connectivity index is 1.68. The van der Waals surface area contributed by atoms with Gasteiger partial charge >= 0.3 is 0 Å². The highest BCUT2D eigenvalue weighted by Gasteiger charge is 2.34. The molecule has 0 bridgehead atoms. The summed E-state index contributed by atoms with van der Waals surface area (Å²) in [6, 6.07) is 15.6. The van der Waals surface area contributed by atoms with E-state index in [0.29, 0.717) is 5.71 Å². The SMILES string of the molecule is COc1ccc(N2NN=C3C(=O)CN(c4ccc(I)cc4)C=C32)cc1. The van der Waals surface area contributed by atoms with Crippen LogP contribution < -0.4 is 20.2 Å². The molecule has 0 aromatic heterocycles. The van der Waals surface area contributed by atoms with Gasteiger partial charge in [-0.15, -0.1) is 0 Å². The largest absolute Gasteiger partial charge is 0.497 e. The normalized spacial score (nSPS) is 16.2. The van der Waals surface area contributed by atoms with E-state index in [9.17, 15) is 4.79 Å². The van der Waals surface area contributed by atoms with E-state index in [2.05, 4.69) is 33.2 Å². The van der Waals surface area contributed by atoms with E-state index in [1.165, 1.54) is 0 Å². The number of nitrogens with one attached hydrogen (secondary N) is 1. The number of anilines is 2. The molecule has 126 valence electrons. The van der Waals surface area contributed by atoms with Crippen molar-refractivity contribution in [2.75, 3.05) is 23.6 Å². The van der Waals surface area contributed by atoms with Gasteiger partial charge in [-0.2, -0.15) is 5.10 Å². The fourth-order valence-corrected chi connectivity index (χ4v) is 3.15. The second-order valence-corrected chi connectivity index (χ2v) is 6.88. The summed E-state index contributed by atoms with van der Waals surface area (Å²) in [6.07, 6.45) is 1.95. The summed E-state index contributed by atoms with van der Waals surface area (Å²) >= 11 is 2.26. The molecule has 0 saturated carbocycles. The van der Waals surface area contributed by atoms with E-state index in [-0.39, 0.29) is 12.3 Å². The molecule has 2 aromatic rings. The Morgan fingerprint density at radius 3 is 2.44 bits per heavy atom. The van der Waals surface area contributed by atoms with Crippen molar-refractivity contribution in [1.29, 1.82) is 0 Å². The molecule has 6 nitrogen and oxygen atoms in total. The number of benzene rings is 2. The molecule has 7 heteroatoms. The maximum absolute atomic E-state index is 12.5. The van der Waals surface area contributed by atoms with Crippen molar-refractivity contribution in [2.45, 2.75) is 0 Å². The number of carbonyl (C=O) groups excluding carboxylic acids is 1. The van der Waals surface area contributed by atoms with Crippen LogP contribution in [0.2, 0.25) is 0 Å². The van der Waals surface area contributed by atoms with Crippen molar-refractivity contribution in [2.24, 2.45) is 5.10 Å². The van der Waals surface area contributed by atoms with Crippen molar-refractivity contribution in [1.82, 2.24) is 5.53 Å². The Bertz CT molecular complexity index is 875. The Kier molecular flexibility index (Phi) is 4.08. The highest BCUT2D eigenvalue weighted by Crippen LogP contribution is 2.28. The van der Waals surface area contributed by atoms with Crippen molar-refractivity contribution in [3.63, 3.8) is 0 Å². The first kappa shape index (κ1) is 15.9. The highest BCUT2D eigenvalue weighted by atomic mass is 127. The maximum Gasteiger partial charge on any atom is 0.204 e. The maximum atomic E-state index is 12.5. The first-order valence-corrected chi connectivity index (χ1v) is 8.79. The Hall–Kier alpha value is -2.55. The third kappa shape index (κ3) is 2.95. The van der Waals surface area contributed by atoms with Gasteiger partial charge in [0, 0.05) is 15.5 Å². The fraction of sp³-hybridized carbons (Fsp3) is 0.111. The number of methoxy groups -OCH3 is 1. The lowest BCUT2D eigenvalue weighted by Gasteiger charge is -2.28. The number of hydrazine groups is 1. The van der Waals surface area contributed by atoms with Crippen molar-refractivity contribution >= 4 is 45.5 Å². The number of carbonyl (C=O) groups is 1. The van der Waals surface area contributed by atoms with Crippen molar-refractivity contribution in [3.05, 3.63) is 64.0 Å². The van der Waals surface area contributed by atoms with Crippen LogP contribution in [0.3, 0.4) is 0 Å². The fourth-order valence-electron chi connectivity index (χ4n) is 2.79. The molecule has 2 heterocycles. The molecule has 4 rings (SSSR count). The summed E-state index contributed by atoms with van der Waals surface area (Å²) in [5, 5.41) is 5.99. The first-order valence-electron chi connectivity index (χ1n) is 7.71. The third-order valence-corrected chi connectivity index (χ3v) is 4.81. The lowest BCUT2D eigenvalue weighted by molar-refractivity contribution is -0.111. The quantitative estimate of drug-likeness (QED) is 0.736. The van der Waals surface area contributed by atoms with Gasteiger partial charge in [-0.3, -0.25) is 4.79 Å². The van der Waals surface area contributed by atoms with Crippen LogP contribution in [0.5, 0.6) is 5.75 Å². The number of hydrogen-bond donors (Lipinski definition) is 1. The Labute approximate surface area is 158 Å². The average Bonchev–Trinajstić information content (AvgIpc) is 3.07. The van der Waals surface area contributed by atoms with Crippen LogP contribution in [0, 0.1) is 3.57 Å². The van der Waals surface area contributed by atoms with Gasteiger partial charge in [0.05, 0.1) is 19.3 Å². The molecule has 0 amide bonds. The summed E-state index contributed by atoms with van der Waals surface area (Å²) in [6.45, 7) is 0.279. The number of rotatable bonds is 3. The number of hydrazone groups is 1. The summed E-state index contributed by atoms with van der Waals surface area (Å²) < 4.78 is 6.35. The van der Waals surface area contributed by atoms with Gasteiger partial charge in [0.1, 0.15) is 11.4 Å². The smallest absolute Gasteiger partial charge is 0.204 e. The Morgan fingerprint density at radius 2 is 1.76 bits per heavy atom. The number of Topliss-reactive ketones (excluding diaryl/α,β-unsaturated/α-hetero) is 1. The molecule has 0 spiro atoms. The summed E-state index contributed by atoms with van der Waals surface area (Å²) in [5.41, 5.74) is 5.97. The monoisotopic (exact) mass is 446 g/mol. The van der Waals surface area contributed by atoms with E-state index in [1.807, 2.05) is 59.6 Å². The molecule has 0 fully saturated rings. The topological polar surface area (TPSA) is 57.2 Å². The molecule has 0 unspecified atom stereocenters. The molecule has 2 aromatic carbocycles. The number of ether oxygens (including phenoxy) is 1. The summed E-state index contributed by atoms with van der Waals surface area (Å²) in [5.74, 6) is 0.762. The molecule has 0 atom stereocenters. The van der Waals surface area contributed by atoms with Crippen LogP contribution in [-0.2, 0) is 4.79 Å². The number of allylic oxidation sites excluding steroid dienone is 1. The molecule has 25 heavy (non-hydrogen) atoms. The van der Waals surface area contributed by atoms with Crippen LogP contribution in [0.25, 0.3) is 0 Å². The second-order valence-electron chi connectivity index (χ2n) is 5.64. The van der Waals surface area contributed by atoms with Crippen LogP contribution in [-0.4, -0.2) is 25.1 Å². The average molecular weight is 446 g/mol. The molecular weight excluding hydrogens is 431 g/mol. The van der Waals surface area contributed by atoms with Crippen LogP contribution in [0.4, 0.5) is 11.4 Å². The second kappa shape index (κ2) is 6.40. The van der Waals surface area contributed by atoms with Gasteiger partial charge < -0.3 is 9.64 Å². The van der Waals surface area contributed by atoms with Gasteiger partial charge in [0.15, 0.2) is 5.71 Å². The molecule has 0 radical (unpaired) electrons. The van der Waals surface area contributed by atoms with Crippen molar-refractivity contribution in [3.8, 4) is 5.75 Å². The van der Waals surface area contributed by atoms with Crippen LogP contribution in [0.15, 0.2) is 65.5 Å². The zero-order chi connectivity index (χ0) is 17.4. The van der Waals surface area contributed by atoms with Crippen molar-refractivity contribution < 1.29 is 9.53 Å². The molecule has 0 saturated heterocycles. The number of hydrogen-bond acceptors (Lipinski definition) is 6. The predicted molar refractivity (Wildman–Crippen MR) is 106 cm³/mol. The zero-order valence-corrected chi connectivity index (χ0v) is 15.6. The molecule has 2 aliphatic rings. The lowest BCUT2D eigenvalue weighted by Crippen LogP contribution is -2.40. The van der Waals surface area contributed by atoms with E-state index in [0.717, 1.165) is 26.4 Å². The number of ketones is 1. The molecule has 1 N–H and O–H groups in total. The van der Waals surface area contributed by atoms with E-state index in [4.69, 9.17) is 4.74 Å². The lowest BCUT2D eigenvalue weighted by atomic mass is 10.1.